The minimum Gasteiger partial charge on any atom is -0.344 e. The molecule has 26 heavy (non-hydrogen) atoms. The first-order valence-electron chi connectivity index (χ1n) is 8.68. The van der Waals surface area contributed by atoms with Crippen molar-refractivity contribution < 1.29 is 4.79 Å². The second-order valence-corrected chi connectivity index (χ2v) is 8.18. The number of hydrogen-bond acceptors (Lipinski definition) is 2. The number of benzene rings is 2. The van der Waals surface area contributed by atoms with Crippen molar-refractivity contribution in [2.75, 3.05) is 11.4 Å². The fraction of sp³-hybridized carbons (Fsp3) is 0.286. The first kappa shape index (κ1) is 17.4. The summed E-state index contributed by atoms with van der Waals surface area (Å²) in [5.41, 5.74) is 2.46. The molecule has 134 valence electrons. The first-order chi connectivity index (χ1) is 12.3. The molecule has 0 spiro atoms. The number of nitrogens with zero attached hydrogens (tertiary/aromatic N) is 1. The number of nitrogens with one attached hydrogen (secondary N) is 1. The number of amides is 1. The van der Waals surface area contributed by atoms with Crippen LogP contribution in [-0.4, -0.2) is 18.1 Å². The molecule has 2 aromatic rings. The second kappa shape index (κ2) is 6.04. The number of rotatable bonds is 2. The summed E-state index contributed by atoms with van der Waals surface area (Å²) in [7, 11) is 0. The van der Waals surface area contributed by atoms with Gasteiger partial charge in [0.1, 0.15) is 5.66 Å². The Morgan fingerprint density at radius 3 is 2.65 bits per heavy atom. The standard InChI is InChI=1S/C21H20Cl2N2O/c1-20(2)15-5-3-4-6-18(15)25-12-10-19(26)24-21(20,25)11-9-14-7-8-16(22)17(23)13-14/h3-9,11,13H,10,12H2,1-2H3,(H,24,26). The molecule has 0 bridgehead atoms. The lowest BCUT2D eigenvalue weighted by Gasteiger charge is -2.49. The quantitative estimate of drug-likeness (QED) is 0.785. The molecule has 3 nitrogen and oxygen atoms in total. The van der Waals surface area contributed by atoms with Gasteiger partial charge in [-0.25, -0.2) is 0 Å². The van der Waals surface area contributed by atoms with E-state index in [0.29, 0.717) is 23.0 Å². The molecule has 1 amide bonds. The van der Waals surface area contributed by atoms with Crippen molar-refractivity contribution in [3.63, 3.8) is 0 Å². The zero-order chi connectivity index (χ0) is 18.5. The average molecular weight is 387 g/mol. The lowest BCUT2D eigenvalue weighted by Crippen LogP contribution is -2.68. The monoisotopic (exact) mass is 386 g/mol. The molecule has 5 heteroatoms. The summed E-state index contributed by atoms with van der Waals surface area (Å²) < 4.78 is 0. The van der Waals surface area contributed by atoms with Crippen LogP contribution in [0, 0.1) is 0 Å². The van der Waals surface area contributed by atoms with E-state index in [4.69, 9.17) is 23.2 Å². The number of carbonyl (C=O) groups excluding carboxylic acids is 1. The first-order valence-corrected chi connectivity index (χ1v) is 9.43. The molecular formula is C21H20Cl2N2O. The molecule has 1 N–H and O–H groups in total. The highest BCUT2D eigenvalue weighted by molar-refractivity contribution is 6.42. The molecular weight excluding hydrogens is 367 g/mol. The normalized spacial score (nSPS) is 23.7. The molecule has 2 heterocycles. The zero-order valence-electron chi connectivity index (χ0n) is 14.7. The molecule has 2 aliphatic rings. The SMILES string of the molecule is CC1(C)c2ccccc2N2CCC(=O)NC21C=Cc1ccc(Cl)c(Cl)c1. The van der Waals surface area contributed by atoms with E-state index >= 15 is 0 Å². The number of para-hydroxylation sites is 1. The van der Waals surface area contributed by atoms with Crippen molar-refractivity contribution in [2.24, 2.45) is 0 Å². The van der Waals surface area contributed by atoms with E-state index in [2.05, 4.69) is 48.3 Å². The molecule has 2 aromatic carbocycles. The summed E-state index contributed by atoms with van der Waals surface area (Å²) in [6, 6.07) is 13.9. The van der Waals surface area contributed by atoms with Crippen molar-refractivity contribution in [3.05, 3.63) is 69.7 Å². The van der Waals surface area contributed by atoms with Gasteiger partial charge in [-0.15, -0.1) is 0 Å². The minimum absolute atomic E-state index is 0.0703. The molecule has 4 rings (SSSR count). The van der Waals surface area contributed by atoms with Crippen LogP contribution in [0.2, 0.25) is 10.0 Å². The van der Waals surface area contributed by atoms with E-state index in [0.717, 1.165) is 5.56 Å². The Morgan fingerprint density at radius 1 is 1.12 bits per heavy atom. The highest BCUT2D eigenvalue weighted by Gasteiger charge is 2.57. The van der Waals surface area contributed by atoms with E-state index < -0.39 is 5.66 Å². The highest BCUT2D eigenvalue weighted by atomic mass is 35.5. The van der Waals surface area contributed by atoms with Gasteiger partial charge in [-0.3, -0.25) is 4.79 Å². The van der Waals surface area contributed by atoms with Gasteiger partial charge in [0.25, 0.3) is 0 Å². The van der Waals surface area contributed by atoms with Gasteiger partial charge >= 0.3 is 0 Å². The molecule has 1 unspecified atom stereocenters. The van der Waals surface area contributed by atoms with Crippen LogP contribution in [0.15, 0.2) is 48.5 Å². The van der Waals surface area contributed by atoms with Gasteiger partial charge < -0.3 is 10.2 Å². The van der Waals surface area contributed by atoms with Crippen molar-refractivity contribution >= 4 is 40.9 Å². The van der Waals surface area contributed by atoms with Crippen molar-refractivity contribution in [3.8, 4) is 0 Å². The van der Waals surface area contributed by atoms with Gasteiger partial charge in [0, 0.05) is 24.1 Å². The Morgan fingerprint density at radius 2 is 1.88 bits per heavy atom. The smallest absolute Gasteiger partial charge is 0.223 e. The van der Waals surface area contributed by atoms with Crippen LogP contribution in [0.5, 0.6) is 0 Å². The Labute approximate surface area is 163 Å². The van der Waals surface area contributed by atoms with Gasteiger partial charge in [0.05, 0.1) is 10.0 Å². The summed E-state index contributed by atoms with van der Waals surface area (Å²) in [6.45, 7) is 5.05. The van der Waals surface area contributed by atoms with Crippen LogP contribution in [0.3, 0.4) is 0 Å². The predicted octanol–water partition coefficient (Wildman–Crippen LogP) is 5.02. The van der Waals surface area contributed by atoms with Crippen LogP contribution in [0.1, 0.15) is 31.4 Å². The lowest BCUT2D eigenvalue weighted by atomic mass is 9.74. The van der Waals surface area contributed by atoms with E-state index in [-0.39, 0.29) is 11.3 Å². The fourth-order valence-corrected chi connectivity index (χ4v) is 4.46. The number of hydrogen-bond donors (Lipinski definition) is 1. The molecule has 1 saturated heterocycles. The summed E-state index contributed by atoms with van der Waals surface area (Å²) in [4.78, 5) is 14.7. The van der Waals surface area contributed by atoms with E-state index in [1.54, 1.807) is 6.07 Å². The van der Waals surface area contributed by atoms with Gasteiger partial charge in [0.2, 0.25) is 5.91 Å². The molecule has 0 aromatic heterocycles. The average Bonchev–Trinajstić information content (AvgIpc) is 2.81. The summed E-state index contributed by atoms with van der Waals surface area (Å²) in [5.74, 6) is 0.0703. The molecule has 0 radical (unpaired) electrons. The van der Waals surface area contributed by atoms with Crippen LogP contribution in [0.25, 0.3) is 6.08 Å². The molecule has 1 atom stereocenters. The predicted molar refractivity (Wildman–Crippen MR) is 108 cm³/mol. The third-order valence-corrected chi connectivity index (χ3v) is 6.34. The molecule has 1 fully saturated rings. The highest BCUT2D eigenvalue weighted by Crippen LogP contribution is 2.52. The summed E-state index contributed by atoms with van der Waals surface area (Å²) in [6.07, 6.45) is 4.59. The maximum atomic E-state index is 12.3. The van der Waals surface area contributed by atoms with Crippen molar-refractivity contribution in [1.29, 1.82) is 0 Å². The Kier molecular flexibility index (Phi) is 4.05. The van der Waals surface area contributed by atoms with Crippen LogP contribution in [-0.2, 0) is 10.2 Å². The molecule has 0 saturated carbocycles. The fourth-order valence-electron chi connectivity index (χ4n) is 4.15. The summed E-state index contributed by atoms with van der Waals surface area (Å²) in [5, 5.41) is 4.32. The topological polar surface area (TPSA) is 32.3 Å². The van der Waals surface area contributed by atoms with Gasteiger partial charge in [-0.1, -0.05) is 67.4 Å². The van der Waals surface area contributed by atoms with Crippen LogP contribution in [0.4, 0.5) is 5.69 Å². The van der Waals surface area contributed by atoms with Crippen LogP contribution >= 0.6 is 23.2 Å². The largest absolute Gasteiger partial charge is 0.344 e. The molecule has 0 aliphatic carbocycles. The van der Waals surface area contributed by atoms with E-state index in [9.17, 15) is 4.79 Å². The third kappa shape index (κ3) is 2.45. The van der Waals surface area contributed by atoms with Gasteiger partial charge in [-0.2, -0.15) is 0 Å². The number of halogens is 2. The number of carbonyl (C=O) groups is 1. The number of fused-ring (bicyclic) bond motifs is 3. The number of anilines is 1. The maximum Gasteiger partial charge on any atom is 0.223 e. The van der Waals surface area contributed by atoms with E-state index in [1.807, 2.05) is 24.3 Å². The lowest BCUT2D eigenvalue weighted by molar-refractivity contribution is -0.124. The summed E-state index contributed by atoms with van der Waals surface area (Å²) >= 11 is 12.2. The van der Waals surface area contributed by atoms with Gasteiger partial charge in [-0.05, 0) is 35.4 Å². The van der Waals surface area contributed by atoms with Crippen molar-refractivity contribution in [2.45, 2.75) is 31.3 Å². The maximum absolute atomic E-state index is 12.3. The Balaban J connectivity index is 1.83. The van der Waals surface area contributed by atoms with E-state index in [1.165, 1.54) is 11.3 Å². The molecule has 2 aliphatic heterocycles. The third-order valence-electron chi connectivity index (χ3n) is 5.60. The minimum atomic E-state index is -0.613. The zero-order valence-corrected chi connectivity index (χ0v) is 16.2. The van der Waals surface area contributed by atoms with Gasteiger partial charge in [0.15, 0.2) is 0 Å². The van der Waals surface area contributed by atoms with Crippen molar-refractivity contribution in [1.82, 2.24) is 5.32 Å². The Hall–Kier alpha value is -1.97. The van der Waals surface area contributed by atoms with Crippen LogP contribution < -0.4 is 10.2 Å². The second-order valence-electron chi connectivity index (χ2n) is 7.37. The Bertz CT molecular complexity index is 922.